The second-order valence-corrected chi connectivity index (χ2v) is 4.07. The van der Waals surface area contributed by atoms with E-state index in [0.29, 0.717) is 5.92 Å². The van der Waals surface area contributed by atoms with Crippen molar-refractivity contribution in [2.75, 3.05) is 13.2 Å². The molecule has 3 heteroatoms. The number of nitrogens with two attached hydrogens (primary N) is 1. The van der Waals surface area contributed by atoms with E-state index in [0.717, 1.165) is 31.6 Å². The summed E-state index contributed by atoms with van der Waals surface area (Å²) in [4.78, 5) is 0. The number of rotatable bonds is 2. The maximum atomic E-state index is 9.19. The first-order valence-corrected chi connectivity index (χ1v) is 5.39. The van der Waals surface area contributed by atoms with Crippen LogP contribution in [0.2, 0.25) is 0 Å². The molecule has 1 aliphatic rings. The van der Waals surface area contributed by atoms with Crippen molar-refractivity contribution >= 4 is 0 Å². The van der Waals surface area contributed by atoms with Crippen molar-refractivity contribution in [3.8, 4) is 5.75 Å². The summed E-state index contributed by atoms with van der Waals surface area (Å²) < 4.78 is 5.31. The van der Waals surface area contributed by atoms with Crippen molar-refractivity contribution in [1.82, 2.24) is 0 Å². The minimum Gasteiger partial charge on any atom is -0.508 e. The van der Waals surface area contributed by atoms with Crippen LogP contribution in [0.15, 0.2) is 24.3 Å². The summed E-state index contributed by atoms with van der Waals surface area (Å²) in [6.45, 7) is 1.63. The number of hydrogen-bond donors (Lipinski definition) is 2. The Morgan fingerprint density at radius 1 is 1.20 bits per heavy atom. The van der Waals surface area contributed by atoms with E-state index in [2.05, 4.69) is 0 Å². The molecule has 1 atom stereocenters. The lowest BCUT2D eigenvalue weighted by atomic mass is 9.88. The van der Waals surface area contributed by atoms with E-state index in [-0.39, 0.29) is 11.8 Å². The second-order valence-electron chi connectivity index (χ2n) is 4.07. The average molecular weight is 207 g/mol. The topological polar surface area (TPSA) is 55.5 Å². The molecule has 0 saturated carbocycles. The van der Waals surface area contributed by atoms with Crippen LogP contribution in [0.1, 0.15) is 24.4 Å². The molecule has 0 unspecified atom stereocenters. The van der Waals surface area contributed by atoms with Crippen LogP contribution in [-0.2, 0) is 4.74 Å². The van der Waals surface area contributed by atoms with E-state index in [1.165, 1.54) is 0 Å². The highest BCUT2D eigenvalue weighted by Crippen LogP contribution is 2.28. The molecule has 3 nitrogen and oxygen atoms in total. The van der Waals surface area contributed by atoms with E-state index >= 15 is 0 Å². The third kappa shape index (κ3) is 2.49. The quantitative estimate of drug-likeness (QED) is 0.777. The van der Waals surface area contributed by atoms with E-state index in [4.69, 9.17) is 10.5 Å². The molecule has 1 heterocycles. The van der Waals surface area contributed by atoms with Gasteiger partial charge in [0, 0.05) is 19.3 Å². The minimum absolute atomic E-state index is 0.0644. The first-order chi connectivity index (χ1) is 7.27. The van der Waals surface area contributed by atoms with E-state index in [1.807, 2.05) is 12.1 Å². The van der Waals surface area contributed by atoms with Gasteiger partial charge in [-0.25, -0.2) is 0 Å². The van der Waals surface area contributed by atoms with Gasteiger partial charge in [-0.3, -0.25) is 0 Å². The molecule has 0 aliphatic carbocycles. The number of ether oxygens (including phenoxy) is 1. The summed E-state index contributed by atoms with van der Waals surface area (Å²) in [7, 11) is 0. The Bertz CT molecular complexity index is 304. The third-order valence-corrected chi connectivity index (χ3v) is 3.05. The van der Waals surface area contributed by atoms with Crippen LogP contribution in [-0.4, -0.2) is 18.3 Å². The van der Waals surface area contributed by atoms with Crippen LogP contribution in [0.4, 0.5) is 0 Å². The molecule has 2 rings (SSSR count). The lowest BCUT2D eigenvalue weighted by Crippen LogP contribution is -2.27. The fourth-order valence-electron chi connectivity index (χ4n) is 2.04. The van der Waals surface area contributed by atoms with E-state index in [1.54, 1.807) is 12.1 Å². The Morgan fingerprint density at radius 3 is 2.40 bits per heavy atom. The van der Waals surface area contributed by atoms with E-state index < -0.39 is 0 Å². The number of hydrogen-bond acceptors (Lipinski definition) is 3. The number of aromatic hydroxyl groups is 1. The molecule has 1 fully saturated rings. The fraction of sp³-hybridized carbons (Fsp3) is 0.500. The van der Waals surface area contributed by atoms with Crippen LogP contribution >= 0.6 is 0 Å². The highest BCUT2D eigenvalue weighted by Gasteiger charge is 2.21. The van der Waals surface area contributed by atoms with Crippen molar-refractivity contribution < 1.29 is 9.84 Å². The summed E-state index contributed by atoms with van der Waals surface area (Å²) in [5, 5.41) is 9.19. The molecule has 0 bridgehead atoms. The van der Waals surface area contributed by atoms with Gasteiger partial charge < -0.3 is 15.6 Å². The first kappa shape index (κ1) is 10.5. The molecule has 0 aromatic heterocycles. The highest BCUT2D eigenvalue weighted by molar-refractivity contribution is 5.28. The van der Waals surface area contributed by atoms with Gasteiger partial charge in [0.15, 0.2) is 0 Å². The Morgan fingerprint density at radius 2 is 1.80 bits per heavy atom. The molecule has 82 valence electrons. The van der Waals surface area contributed by atoms with Crippen molar-refractivity contribution in [3.05, 3.63) is 29.8 Å². The first-order valence-electron chi connectivity index (χ1n) is 5.39. The summed E-state index contributed by atoms with van der Waals surface area (Å²) in [6.07, 6.45) is 2.06. The van der Waals surface area contributed by atoms with Crippen LogP contribution in [0.5, 0.6) is 5.75 Å². The largest absolute Gasteiger partial charge is 0.508 e. The monoisotopic (exact) mass is 207 g/mol. The Balaban J connectivity index is 2.05. The minimum atomic E-state index is 0.0644. The standard InChI is InChI=1S/C12H17NO2/c13-12(10-5-7-15-8-6-10)9-1-3-11(14)4-2-9/h1-4,10,12,14H,5-8,13H2/t12-/m1/s1. The molecule has 1 saturated heterocycles. The number of benzene rings is 1. The molecule has 1 aromatic rings. The van der Waals surface area contributed by atoms with Crippen LogP contribution in [0.25, 0.3) is 0 Å². The van der Waals surface area contributed by atoms with Crippen molar-refractivity contribution in [1.29, 1.82) is 0 Å². The molecular formula is C12H17NO2. The van der Waals surface area contributed by atoms with Crippen molar-refractivity contribution in [2.45, 2.75) is 18.9 Å². The van der Waals surface area contributed by atoms with Gasteiger partial charge in [0.05, 0.1) is 0 Å². The fourth-order valence-corrected chi connectivity index (χ4v) is 2.04. The van der Waals surface area contributed by atoms with Gasteiger partial charge in [0.2, 0.25) is 0 Å². The van der Waals surface area contributed by atoms with E-state index in [9.17, 15) is 5.11 Å². The number of phenolic OH excluding ortho intramolecular Hbond substituents is 1. The molecule has 0 amide bonds. The average Bonchev–Trinajstić information content (AvgIpc) is 2.30. The van der Waals surface area contributed by atoms with Gasteiger partial charge in [-0.1, -0.05) is 12.1 Å². The summed E-state index contributed by atoms with van der Waals surface area (Å²) in [5.41, 5.74) is 7.28. The molecule has 0 spiro atoms. The lowest BCUT2D eigenvalue weighted by Gasteiger charge is -2.27. The van der Waals surface area contributed by atoms with Gasteiger partial charge in [0.25, 0.3) is 0 Å². The van der Waals surface area contributed by atoms with Gasteiger partial charge in [-0.15, -0.1) is 0 Å². The molecule has 1 aromatic carbocycles. The molecular weight excluding hydrogens is 190 g/mol. The van der Waals surface area contributed by atoms with Gasteiger partial charge >= 0.3 is 0 Å². The zero-order valence-corrected chi connectivity index (χ0v) is 8.73. The SMILES string of the molecule is N[C@H](c1ccc(O)cc1)C1CCOCC1. The predicted octanol–water partition coefficient (Wildman–Crippen LogP) is 1.82. The molecule has 15 heavy (non-hydrogen) atoms. The Kier molecular flexibility index (Phi) is 3.23. The van der Waals surface area contributed by atoms with Crippen molar-refractivity contribution in [3.63, 3.8) is 0 Å². The molecule has 0 radical (unpaired) electrons. The molecule has 1 aliphatic heterocycles. The van der Waals surface area contributed by atoms with Crippen LogP contribution in [0, 0.1) is 5.92 Å². The smallest absolute Gasteiger partial charge is 0.115 e. The zero-order chi connectivity index (χ0) is 10.7. The summed E-state index contributed by atoms with van der Waals surface area (Å²) in [6, 6.07) is 7.24. The third-order valence-electron chi connectivity index (χ3n) is 3.05. The zero-order valence-electron chi connectivity index (χ0n) is 8.73. The maximum absolute atomic E-state index is 9.19. The Labute approximate surface area is 89.9 Å². The van der Waals surface area contributed by atoms with Gasteiger partial charge in [-0.2, -0.15) is 0 Å². The predicted molar refractivity (Wildman–Crippen MR) is 58.6 cm³/mol. The van der Waals surface area contributed by atoms with Crippen molar-refractivity contribution in [2.24, 2.45) is 11.7 Å². The number of phenols is 1. The molecule has 3 N–H and O–H groups in total. The maximum Gasteiger partial charge on any atom is 0.115 e. The lowest BCUT2D eigenvalue weighted by molar-refractivity contribution is 0.0584. The Hall–Kier alpha value is -1.06. The van der Waals surface area contributed by atoms with Gasteiger partial charge in [-0.05, 0) is 36.5 Å². The summed E-state index contributed by atoms with van der Waals surface area (Å²) >= 11 is 0. The van der Waals surface area contributed by atoms with Crippen LogP contribution in [0.3, 0.4) is 0 Å². The second kappa shape index (κ2) is 4.64. The normalized spacial score (nSPS) is 20.1. The summed E-state index contributed by atoms with van der Waals surface area (Å²) in [5.74, 6) is 0.793. The highest BCUT2D eigenvalue weighted by atomic mass is 16.5. The van der Waals surface area contributed by atoms with Gasteiger partial charge in [0.1, 0.15) is 5.75 Å². The van der Waals surface area contributed by atoms with Crippen LogP contribution < -0.4 is 5.73 Å².